The topological polar surface area (TPSA) is 46.2 Å². The lowest BCUT2D eigenvalue weighted by molar-refractivity contribution is 0.506. The summed E-state index contributed by atoms with van der Waals surface area (Å²) in [5, 5.41) is 3.33. The Bertz CT molecular complexity index is 273. The van der Waals surface area contributed by atoms with Crippen molar-refractivity contribution in [1.82, 2.24) is 5.32 Å². The summed E-state index contributed by atoms with van der Waals surface area (Å²) < 4.78 is 23.4. The van der Waals surface area contributed by atoms with E-state index in [2.05, 4.69) is 33.0 Å². The van der Waals surface area contributed by atoms with E-state index in [1.807, 2.05) is 0 Å². The summed E-state index contributed by atoms with van der Waals surface area (Å²) in [4.78, 5) is 0. The summed E-state index contributed by atoms with van der Waals surface area (Å²) in [6, 6.07) is 0.498. The van der Waals surface area contributed by atoms with Crippen molar-refractivity contribution in [2.24, 2.45) is 5.92 Å². The Balaban J connectivity index is 3.66. The van der Waals surface area contributed by atoms with Crippen LogP contribution in [-0.2, 0) is 9.84 Å². The highest BCUT2D eigenvalue weighted by Gasteiger charge is 2.11. The maximum absolute atomic E-state index is 11.7. The van der Waals surface area contributed by atoms with Gasteiger partial charge in [0.2, 0.25) is 0 Å². The van der Waals surface area contributed by atoms with Crippen LogP contribution in [0.4, 0.5) is 0 Å². The molecule has 1 N–H and O–H groups in total. The van der Waals surface area contributed by atoms with Gasteiger partial charge in [-0.05, 0) is 38.6 Å². The summed E-state index contributed by atoms with van der Waals surface area (Å²) >= 11 is 0. The number of nitrogens with one attached hydrogen (secondary N) is 1. The van der Waals surface area contributed by atoms with Gasteiger partial charge in [0, 0.05) is 6.04 Å². The van der Waals surface area contributed by atoms with Gasteiger partial charge in [-0.15, -0.1) is 0 Å². The van der Waals surface area contributed by atoms with E-state index in [4.69, 9.17) is 0 Å². The minimum Gasteiger partial charge on any atom is -0.315 e. The van der Waals surface area contributed by atoms with Crippen LogP contribution >= 0.6 is 0 Å². The number of unbranched alkanes of at least 4 members (excludes halogenated alkanes) is 1. The molecule has 0 bridgehead atoms. The molecule has 0 aromatic carbocycles. The fourth-order valence-corrected chi connectivity index (χ4v) is 3.42. The zero-order chi connectivity index (χ0) is 13.3. The summed E-state index contributed by atoms with van der Waals surface area (Å²) in [5.74, 6) is 1.19. The lowest BCUT2D eigenvalue weighted by Crippen LogP contribution is -2.25. The summed E-state index contributed by atoms with van der Waals surface area (Å²) in [6.45, 7) is 9.35. The van der Waals surface area contributed by atoms with Crippen molar-refractivity contribution in [3.63, 3.8) is 0 Å². The average molecular weight is 263 g/mol. The van der Waals surface area contributed by atoms with Gasteiger partial charge in [-0.3, -0.25) is 0 Å². The van der Waals surface area contributed by atoms with Gasteiger partial charge < -0.3 is 5.32 Å². The molecule has 0 saturated heterocycles. The molecule has 0 amide bonds. The average Bonchev–Trinajstić information content (AvgIpc) is 2.22. The van der Waals surface area contributed by atoms with Crippen LogP contribution in [0.1, 0.15) is 53.4 Å². The SMILES string of the molecule is CCNC(C)CCCCS(=O)(=O)CCC(C)C. The van der Waals surface area contributed by atoms with Gasteiger partial charge in [-0.25, -0.2) is 8.42 Å². The number of hydrogen-bond donors (Lipinski definition) is 1. The van der Waals surface area contributed by atoms with Gasteiger partial charge >= 0.3 is 0 Å². The van der Waals surface area contributed by atoms with Gasteiger partial charge in [-0.2, -0.15) is 0 Å². The van der Waals surface area contributed by atoms with Crippen LogP contribution in [0.15, 0.2) is 0 Å². The Morgan fingerprint density at radius 1 is 1.00 bits per heavy atom. The lowest BCUT2D eigenvalue weighted by Gasteiger charge is -2.11. The first-order valence-electron chi connectivity index (χ1n) is 6.81. The van der Waals surface area contributed by atoms with Gasteiger partial charge in [0.25, 0.3) is 0 Å². The van der Waals surface area contributed by atoms with Crippen LogP contribution in [0.5, 0.6) is 0 Å². The molecule has 0 aromatic heterocycles. The zero-order valence-electron chi connectivity index (χ0n) is 11.8. The van der Waals surface area contributed by atoms with E-state index >= 15 is 0 Å². The number of hydrogen-bond acceptors (Lipinski definition) is 3. The van der Waals surface area contributed by atoms with Crippen LogP contribution in [0.3, 0.4) is 0 Å². The Kier molecular flexibility index (Phi) is 8.88. The van der Waals surface area contributed by atoms with Crippen molar-refractivity contribution in [2.45, 2.75) is 59.4 Å². The molecule has 0 aliphatic heterocycles. The molecule has 0 heterocycles. The first kappa shape index (κ1) is 16.9. The quantitative estimate of drug-likeness (QED) is 0.616. The third kappa shape index (κ3) is 10.8. The Morgan fingerprint density at radius 3 is 2.18 bits per heavy atom. The number of rotatable bonds is 10. The monoisotopic (exact) mass is 263 g/mol. The van der Waals surface area contributed by atoms with E-state index in [1.54, 1.807) is 0 Å². The van der Waals surface area contributed by atoms with E-state index in [1.165, 1.54) is 0 Å². The fraction of sp³-hybridized carbons (Fsp3) is 1.00. The minimum atomic E-state index is -2.81. The van der Waals surface area contributed by atoms with E-state index in [0.717, 1.165) is 32.2 Å². The van der Waals surface area contributed by atoms with Crippen molar-refractivity contribution in [3.05, 3.63) is 0 Å². The molecule has 0 aromatic rings. The minimum absolute atomic E-state index is 0.355. The maximum atomic E-state index is 11.7. The molecule has 0 radical (unpaired) electrons. The van der Waals surface area contributed by atoms with Crippen LogP contribution < -0.4 is 5.32 Å². The molecule has 0 fully saturated rings. The van der Waals surface area contributed by atoms with Gasteiger partial charge in [-0.1, -0.05) is 27.2 Å². The van der Waals surface area contributed by atoms with E-state index in [0.29, 0.717) is 23.5 Å². The summed E-state index contributed by atoms with van der Waals surface area (Å²) in [6.07, 6.45) is 3.65. The van der Waals surface area contributed by atoms with Crippen LogP contribution in [-0.4, -0.2) is 32.5 Å². The first-order chi connectivity index (χ1) is 7.87. The molecule has 104 valence electrons. The third-order valence-corrected chi connectivity index (χ3v) is 4.67. The van der Waals surface area contributed by atoms with Crippen LogP contribution in [0.25, 0.3) is 0 Å². The zero-order valence-corrected chi connectivity index (χ0v) is 12.6. The van der Waals surface area contributed by atoms with E-state index in [-0.39, 0.29) is 0 Å². The lowest BCUT2D eigenvalue weighted by atomic mass is 10.1. The van der Waals surface area contributed by atoms with Crippen molar-refractivity contribution >= 4 is 9.84 Å². The molecule has 0 spiro atoms. The highest BCUT2D eigenvalue weighted by Crippen LogP contribution is 2.07. The molecule has 1 atom stereocenters. The second-order valence-electron chi connectivity index (χ2n) is 5.29. The van der Waals surface area contributed by atoms with Gasteiger partial charge in [0.1, 0.15) is 9.84 Å². The van der Waals surface area contributed by atoms with Crippen LogP contribution in [0.2, 0.25) is 0 Å². The molecule has 3 nitrogen and oxygen atoms in total. The smallest absolute Gasteiger partial charge is 0.150 e. The highest BCUT2D eigenvalue weighted by atomic mass is 32.2. The van der Waals surface area contributed by atoms with E-state index < -0.39 is 9.84 Å². The molecule has 0 aliphatic carbocycles. The molecule has 0 saturated carbocycles. The second-order valence-corrected chi connectivity index (χ2v) is 7.59. The van der Waals surface area contributed by atoms with Crippen molar-refractivity contribution in [3.8, 4) is 0 Å². The summed E-state index contributed by atoms with van der Waals surface area (Å²) in [7, 11) is -2.81. The normalized spacial score (nSPS) is 14.2. The third-order valence-electron chi connectivity index (χ3n) is 2.90. The van der Waals surface area contributed by atoms with Crippen molar-refractivity contribution in [2.75, 3.05) is 18.1 Å². The van der Waals surface area contributed by atoms with Crippen molar-refractivity contribution < 1.29 is 8.42 Å². The van der Waals surface area contributed by atoms with E-state index in [9.17, 15) is 8.42 Å². The second kappa shape index (κ2) is 8.92. The van der Waals surface area contributed by atoms with Crippen molar-refractivity contribution in [1.29, 1.82) is 0 Å². The maximum Gasteiger partial charge on any atom is 0.150 e. The molecular weight excluding hydrogens is 234 g/mol. The number of sulfone groups is 1. The predicted octanol–water partition coefficient (Wildman–Crippen LogP) is 2.62. The molecule has 0 rings (SSSR count). The molecular formula is C13H29NO2S. The standard InChI is InChI=1S/C13H29NO2S/c1-5-14-13(4)8-6-7-10-17(15,16)11-9-12(2)3/h12-14H,5-11H2,1-4H3. The predicted molar refractivity (Wildman–Crippen MR) is 75.1 cm³/mol. The first-order valence-corrected chi connectivity index (χ1v) is 8.63. The Morgan fingerprint density at radius 2 is 1.65 bits per heavy atom. The van der Waals surface area contributed by atoms with Crippen LogP contribution in [0, 0.1) is 5.92 Å². The molecule has 17 heavy (non-hydrogen) atoms. The van der Waals surface area contributed by atoms with Gasteiger partial charge in [0.05, 0.1) is 11.5 Å². The molecule has 1 unspecified atom stereocenters. The molecule has 4 heteroatoms. The Hall–Kier alpha value is -0.0900. The largest absolute Gasteiger partial charge is 0.315 e. The fourth-order valence-electron chi connectivity index (χ4n) is 1.74. The van der Waals surface area contributed by atoms with Gasteiger partial charge in [0.15, 0.2) is 0 Å². The molecule has 0 aliphatic rings. The highest BCUT2D eigenvalue weighted by molar-refractivity contribution is 7.91. The summed E-state index contributed by atoms with van der Waals surface area (Å²) in [5.41, 5.74) is 0. The Labute approximate surface area is 107 Å².